The van der Waals surface area contributed by atoms with Crippen LogP contribution >= 0.6 is 0 Å². The molecule has 1 N–H and O–H groups in total. The standard InChI is InChI=1S/C15H24N2O2/c1-18-14-7-6-13(12-15(14)19-2)16-8-11-17-9-4-3-5-10-17/h6-7,12,16H,3-5,8-11H2,1-2H3. The van der Waals surface area contributed by atoms with Crippen molar-refractivity contribution in [2.24, 2.45) is 0 Å². The van der Waals surface area contributed by atoms with E-state index in [1.165, 1.54) is 32.4 Å². The average Bonchev–Trinajstić information content (AvgIpc) is 2.48. The van der Waals surface area contributed by atoms with Crippen LogP contribution < -0.4 is 14.8 Å². The first-order valence-corrected chi connectivity index (χ1v) is 7.02. The molecule has 0 atom stereocenters. The Morgan fingerprint density at radius 2 is 1.79 bits per heavy atom. The summed E-state index contributed by atoms with van der Waals surface area (Å²) < 4.78 is 10.5. The molecule has 2 rings (SSSR count). The van der Waals surface area contributed by atoms with Crippen molar-refractivity contribution < 1.29 is 9.47 Å². The molecule has 4 heteroatoms. The Bertz CT molecular complexity index is 390. The van der Waals surface area contributed by atoms with Crippen molar-refractivity contribution in [3.8, 4) is 11.5 Å². The third-order valence-corrected chi connectivity index (χ3v) is 3.59. The van der Waals surface area contributed by atoms with Gasteiger partial charge in [0.1, 0.15) is 0 Å². The average molecular weight is 264 g/mol. The summed E-state index contributed by atoms with van der Waals surface area (Å²) in [5, 5.41) is 3.44. The van der Waals surface area contributed by atoms with E-state index in [0.717, 1.165) is 30.3 Å². The summed E-state index contributed by atoms with van der Waals surface area (Å²) >= 11 is 0. The Morgan fingerprint density at radius 1 is 1.05 bits per heavy atom. The number of hydrogen-bond donors (Lipinski definition) is 1. The Balaban J connectivity index is 1.81. The fourth-order valence-corrected chi connectivity index (χ4v) is 2.49. The predicted molar refractivity (Wildman–Crippen MR) is 78.3 cm³/mol. The van der Waals surface area contributed by atoms with Gasteiger partial charge in [0.2, 0.25) is 0 Å². The van der Waals surface area contributed by atoms with Gasteiger partial charge < -0.3 is 19.7 Å². The lowest BCUT2D eigenvalue weighted by atomic mass is 10.1. The molecule has 0 spiro atoms. The van der Waals surface area contributed by atoms with E-state index in [1.54, 1.807) is 14.2 Å². The number of piperidine rings is 1. The fraction of sp³-hybridized carbons (Fsp3) is 0.600. The predicted octanol–water partition coefficient (Wildman–Crippen LogP) is 2.60. The zero-order chi connectivity index (χ0) is 13.5. The van der Waals surface area contributed by atoms with Crippen LogP contribution in [0, 0.1) is 0 Å². The van der Waals surface area contributed by atoms with Crippen LogP contribution in [0.3, 0.4) is 0 Å². The number of ether oxygens (including phenoxy) is 2. The maximum absolute atomic E-state index is 5.30. The number of anilines is 1. The summed E-state index contributed by atoms with van der Waals surface area (Å²) in [5.74, 6) is 1.54. The number of rotatable bonds is 6. The monoisotopic (exact) mass is 264 g/mol. The second-order valence-electron chi connectivity index (χ2n) is 4.90. The van der Waals surface area contributed by atoms with Crippen molar-refractivity contribution >= 4 is 5.69 Å². The molecule has 1 aromatic rings. The van der Waals surface area contributed by atoms with Gasteiger partial charge in [-0.3, -0.25) is 0 Å². The molecule has 106 valence electrons. The second-order valence-corrected chi connectivity index (χ2v) is 4.90. The van der Waals surface area contributed by atoms with Crippen LogP contribution in [-0.4, -0.2) is 45.3 Å². The van der Waals surface area contributed by atoms with Gasteiger partial charge in [0, 0.05) is 24.8 Å². The van der Waals surface area contributed by atoms with E-state index in [4.69, 9.17) is 9.47 Å². The minimum absolute atomic E-state index is 0.768. The van der Waals surface area contributed by atoms with Crippen LogP contribution in [0.5, 0.6) is 11.5 Å². The Morgan fingerprint density at radius 3 is 2.47 bits per heavy atom. The normalized spacial score (nSPS) is 16.1. The van der Waals surface area contributed by atoms with Gasteiger partial charge in [0.05, 0.1) is 14.2 Å². The highest BCUT2D eigenvalue weighted by Gasteiger charge is 2.09. The first-order chi connectivity index (χ1) is 9.33. The first-order valence-electron chi connectivity index (χ1n) is 7.02. The fourth-order valence-electron chi connectivity index (χ4n) is 2.49. The molecule has 1 saturated heterocycles. The molecule has 1 aromatic carbocycles. The topological polar surface area (TPSA) is 33.7 Å². The molecule has 1 heterocycles. The SMILES string of the molecule is COc1ccc(NCCN2CCCCC2)cc1OC. The number of nitrogens with one attached hydrogen (secondary N) is 1. The summed E-state index contributed by atoms with van der Waals surface area (Å²) in [6.45, 7) is 4.56. The number of benzene rings is 1. The largest absolute Gasteiger partial charge is 0.493 e. The van der Waals surface area contributed by atoms with E-state index < -0.39 is 0 Å². The summed E-state index contributed by atoms with van der Waals surface area (Å²) in [6.07, 6.45) is 4.08. The van der Waals surface area contributed by atoms with Gasteiger partial charge in [-0.05, 0) is 38.1 Å². The molecule has 1 aliphatic rings. The molecule has 0 aromatic heterocycles. The van der Waals surface area contributed by atoms with Crippen LogP contribution in [0.1, 0.15) is 19.3 Å². The summed E-state index contributed by atoms with van der Waals surface area (Å²) in [4.78, 5) is 2.53. The maximum Gasteiger partial charge on any atom is 0.162 e. The van der Waals surface area contributed by atoms with Gasteiger partial charge in [-0.2, -0.15) is 0 Å². The summed E-state index contributed by atoms with van der Waals surface area (Å²) in [7, 11) is 3.32. The van der Waals surface area contributed by atoms with Crippen LogP contribution in [0.2, 0.25) is 0 Å². The molecule has 0 bridgehead atoms. The van der Waals surface area contributed by atoms with Gasteiger partial charge in [-0.1, -0.05) is 6.42 Å². The highest BCUT2D eigenvalue weighted by atomic mass is 16.5. The van der Waals surface area contributed by atoms with Gasteiger partial charge in [0.15, 0.2) is 11.5 Å². The smallest absolute Gasteiger partial charge is 0.162 e. The highest BCUT2D eigenvalue weighted by Crippen LogP contribution is 2.29. The maximum atomic E-state index is 5.30. The molecule has 0 saturated carbocycles. The molecule has 0 radical (unpaired) electrons. The van der Waals surface area contributed by atoms with E-state index in [1.807, 2.05) is 18.2 Å². The zero-order valence-electron chi connectivity index (χ0n) is 11.9. The Hall–Kier alpha value is -1.42. The number of likely N-dealkylation sites (tertiary alicyclic amines) is 1. The zero-order valence-corrected chi connectivity index (χ0v) is 11.9. The molecule has 1 fully saturated rings. The van der Waals surface area contributed by atoms with Crippen molar-refractivity contribution in [3.05, 3.63) is 18.2 Å². The molecule has 0 unspecified atom stereocenters. The van der Waals surface area contributed by atoms with E-state index in [0.29, 0.717) is 0 Å². The molecule has 0 amide bonds. The number of methoxy groups -OCH3 is 2. The van der Waals surface area contributed by atoms with Gasteiger partial charge in [-0.25, -0.2) is 0 Å². The van der Waals surface area contributed by atoms with Crippen molar-refractivity contribution in [1.29, 1.82) is 0 Å². The van der Waals surface area contributed by atoms with E-state index in [-0.39, 0.29) is 0 Å². The van der Waals surface area contributed by atoms with Crippen molar-refractivity contribution in [2.45, 2.75) is 19.3 Å². The van der Waals surface area contributed by atoms with Crippen LogP contribution in [0.4, 0.5) is 5.69 Å². The Labute approximate surface area is 115 Å². The van der Waals surface area contributed by atoms with E-state index in [2.05, 4.69) is 10.2 Å². The van der Waals surface area contributed by atoms with Crippen LogP contribution in [-0.2, 0) is 0 Å². The van der Waals surface area contributed by atoms with E-state index in [9.17, 15) is 0 Å². The van der Waals surface area contributed by atoms with Crippen molar-refractivity contribution in [3.63, 3.8) is 0 Å². The first kappa shape index (κ1) is 14.0. The van der Waals surface area contributed by atoms with Crippen LogP contribution in [0.25, 0.3) is 0 Å². The van der Waals surface area contributed by atoms with Crippen LogP contribution in [0.15, 0.2) is 18.2 Å². The number of hydrogen-bond acceptors (Lipinski definition) is 4. The van der Waals surface area contributed by atoms with Gasteiger partial charge >= 0.3 is 0 Å². The van der Waals surface area contributed by atoms with E-state index >= 15 is 0 Å². The quantitative estimate of drug-likeness (QED) is 0.856. The summed E-state index contributed by atoms with van der Waals surface area (Å²) in [5.41, 5.74) is 1.08. The minimum atomic E-state index is 0.768. The molecule has 1 aliphatic heterocycles. The minimum Gasteiger partial charge on any atom is -0.493 e. The lowest BCUT2D eigenvalue weighted by molar-refractivity contribution is 0.237. The lowest BCUT2D eigenvalue weighted by Gasteiger charge is -2.26. The molecule has 4 nitrogen and oxygen atoms in total. The third kappa shape index (κ3) is 4.03. The molecular formula is C15H24N2O2. The Kier molecular flexibility index (Phi) is 5.33. The third-order valence-electron chi connectivity index (χ3n) is 3.59. The molecule has 19 heavy (non-hydrogen) atoms. The second kappa shape index (κ2) is 7.24. The number of nitrogens with zero attached hydrogens (tertiary/aromatic N) is 1. The highest BCUT2D eigenvalue weighted by molar-refractivity contribution is 5.54. The van der Waals surface area contributed by atoms with Gasteiger partial charge in [0.25, 0.3) is 0 Å². The van der Waals surface area contributed by atoms with Crippen molar-refractivity contribution in [1.82, 2.24) is 4.90 Å². The molecular weight excluding hydrogens is 240 g/mol. The lowest BCUT2D eigenvalue weighted by Crippen LogP contribution is -2.33. The summed E-state index contributed by atoms with van der Waals surface area (Å²) in [6, 6.07) is 5.94. The molecule has 0 aliphatic carbocycles. The van der Waals surface area contributed by atoms with Gasteiger partial charge in [-0.15, -0.1) is 0 Å². The van der Waals surface area contributed by atoms with Crippen molar-refractivity contribution in [2.75, 3.05) is 45.7 Å².